The predicted molar refractivity (Wildman–Crippen MR) is 45.1 cm³/mol. The van der Waals surface area contributed by atoms with Crippen LogP contribution in [-0.4, -0.2) is 24.0 Å². The summed E-state index contributed by atoms with van der Waals surface area (Å²) in [6.45, 7) is 7.01. The van der Waals surface area contributed by atoms with Crippen molar-refractivity contribution in [1.29, 1.82) is 0 Å². The number of likely N-dealkylation sites (tertiary alicyclic amines) is 1. The van der Waals surface area contributed by atoms with Crippen molar-refractivity contribution >= 4 is 0 Å². The van der Waals surface area contributed by atoms with Crippen LogP contribution in [0.15, 0.2) is 0 Å². The van der Waals surface area contributed by atoms with Crippen molar-refractivity contribution in [2.24, 2.45) is 5.92 Å². The second-order valence-corrected chi connectivity index (χ2v) is 3.94. The highest BCUT2D eigenvalue weighted by atomic mass is 15.2. The van der Waals surface area contributed by atoms with Crippen molar-refractivity contribution < 1.29 is 0 Å². The van der Waals surface area contributed by atoms with Gasteiger partial charge in [0.1, 0.15) is 0 Å². The van der Waals surface area contributed by atoms with Gasteiger partial charge in [-0.2, -0.15) is 0 Å². The van der Waals surface area contributed by atoms with Gasteiger partial charge in [-0.3, -0.25) is 0 Å². The zero-order valence-corrected chi connectivity index (χ0v) is 7.59. The van der Waals surface area contributed by atoms with Crippen LogP contribution in [0.1, 0.15) is 33.6 Å². The first kappa shape index (κ1) is 8.06. The van der Waals surface area contributed by atoms with E-state index in [9.17, 15) is 0 Å². The Morgan fingerprint density at radius 1 is 1.00 bits per heavy atom. The maximum atomic E-state index is 2.49. The van der Waals surface area contributed by atoms with Crippen LogP contribution in [0.3, 0.4) is 0 Å². The van der Waals surface area contributed by atoms with Gasteiger partial charge in [-0.1, -0.05) is 6.92 Å². The number of hydrogen-bond donors (Lipinski definition) is 0. The fourth-order valence-corrected chi connectivity index (χ4v) is 2.03. The lowest BCUT2D eigenvalue weighted by atomic mass is 9.89. The Kier molecular flexibility index (Phi) is 2.35. The minimum Gasteiger partial charge on any atom is -0.301 e. The average Bonchev–Trinajstić information content (AvgIpc) is 1.82. The molecule has 1 aliphatic heterocycles. The van der Waals surface area contributed by atoms with Crippen LogP contribution in [0.4, 0.5) is 0 Å². The Morgan fingerprint density at radius 2 is 1.40 bits per heavy atom. The lowest BCUT2D eigenvalue weighted by Crippen LogP contribution is -2.43. The molecule has 1 aliphatic rings. The van der Waals surface area contributed by atoms with Gasteiger partial charge in [-0.25, -0.2) is 0 Å². The Hall–Kier alpha value is -0.0400. The van der Waals surface area contributed by atoms with Crippen molar-refractivity contribution in [3.05, 3.63) is 0 Å². The zero-order chi connectivity index (χ0) is 7.72. The van der Waals surface area contributed by atoms with Gasteiger partial charge >= 0.3 is 0 Å². The molecule has 1 nitrogen and oxygen atoms in total. The molecule has 1 rings (SSSR count). The van der Waals surface area contributed by atoms with Crippen molar-refractivity contribution in [3.8, 4) is 0 Å². The molecule has 0 N–H and O–H groups in total. The summed E-state index contributed by atoms with van der Waals surface area (Å²) < 4.78 is 0. The normalized spacial score (nSPS) is 43.8. The quantitative estimate of drug-likeness (QED) is 0.499. The van der Waals surface area contributed by atoms with Gasteiger partial charge in [0.25, 0.3) is 0 Å². The minimum absolute atomic E-state index is 0.791. The van der Waals surface area contributed by atoms with Crippen molar-refractivity contribution in [2.45, 2.75) is 45.7 Å². The number of nitrogens with zero attached hydrogens (tertiary/aromatic N) is 1. The number of piperidine rings is 1. The molecule has 0 aromatic carbocycles. The van der Waals surface area contributed by atoms with Crippen LogP contribution >= 0.6 is 0 Å². The molecule has 0 aromatic heterocycles. The Balaban J connectivity index is 2.49. The predicted octanol–water partition coefficient (Wildman–Crippen LogP) is 2.13. The van der Waals surface area contributed by atoms with E-state index in [0.717, 1.165) is 18.0 Å². The molecule has 0 aromatic rings. The molecule has 0 bridgehead atoms. The van der Waals surface area contributed by atoms with E-state index >= 15 is 0 Å². The van der Waals surface area contributed by atoms with Crippen molar-refractivity contribution in [3.63, 3.8) is 0 Å². The first-order valence-corrected chi connectivity index (χ1v) is 4.33. The van der Waals surface area contributed by atoms with Gasteiger partial charge in [-0.05, 0) is 39.7 Å². The summed E-state index contributed by atoms with van der Waals surface area (Å²) in [5.74, 6) is 0.932. The highest BCUT2D eigenvalue weighted by molar-refractivity contribution is 4.79. The van der Waals surface area contributed by atoms with E-state index in [1.807, 2.05) is 0 Å². The monoisotopic (exact) mass is 141 g/mol. The van der Waals surface area contributed by atoms with Gasteiger partial charge in [0.05, 0.1) is 0 Å². The molecule has 0 unspecified atom stereocenters. The third-order valence-electron chi connectivity index (χ3n) is 2.88. The largest absolute Gasteiger partial charge is 0.301 e. The summed E-state index contributed by atoms with van der Waals surface area (Å²) in [6, 6.07) is 1.58. The zero-order valence-electron chi connectivity index (χ0n) is 7.59. The molecule has 1 heteroatoms. The maximum absolute atomic E-state index is 2.49. The molecule has 10 heavy (non-hydrogen) atoms. The summed E-state index contributed by atoms with van der Waals surface area (Å²) in [5.41, 5.74) is 0. The van der Waals surface area contributed by atoms with Gasteiger partial charge in [0, 0.05) is 12.1 Å². The van der Waals surface area contributed by atoms with Crippen LogP contribution in [0.5, 0.6) is 0 Å². The lowest BCUT2D eigenvalue weighted by molar-refractivity contribution is 0.105. The van der Waals surface area contributed by atoms with E-state index in [4.69, 9.17) is 0 Å². The molecular formula is C9H19N. The van der Waals surface area contributed by atoms with Crippen LogP contribution in [0.25, 0.3) is 0 Å². The standard InChI is InChI=1S/C9H19N/c1-7-5-8(2)10(4)9(3)6-7/h7-9H,5-6H2,1-4H3/t8-,9-/m1/s1. The molecule has 0 spiro atoms. The summed E-state index contributed by atoms with van der Waals surface area (Å²) in [6.07, 6.45) is 2.75. The van der Waals surface area contributed by atoms with Gasteiger partial charge < -0.3 is 4.90 Å². The molecule has 0 aliphatic carbocycles. The van der Waals surface area contributed by atoms with Crippen LogP contribution in [0, 0.1) is 5.92 Å². The Labute approximate surface area is 64.4 Å². The Morgan fingerprint density at radius 3 is 1.80 bits per heavy atom. The molecule has 0 radical (unpaired) electrons. The lowest BCUT2D eigenvalue weighted by Gasteiger charge is -2.39. The molecule has 0 saturated carbocycles. The van der Waals surface area contributed by atoms with E-state index < -0.39 is 0 Å². The maximum Gasteiger partial charge on any atom is 0.00692 e. The van der Waals surface area contributed by atoms with Gasteiger partial charge in [0.2, 0.25) is 0 Å². The second kappa shape index (κ2) is 2.91. The fraction of sp³-hybridized carbons (Fsp3) is 1.00. The molecule has 1 fully saturated rings. The smallest absolute Gasteiger partial charge is 0.00692 e. The average molecular weight is 141 g/mol. The molecule has 1 heterocycles. The highest BCUT2D eigenvalue weighted by Crippen LogP contribution is 2.25. The summed E-state index contributed by atoms with van der Waals surface area (Å²) in [4.78, 5) is 2.49. The molecule has 60 valence electrons. The summed E-state index contributed by atoms with van der Waals surface area (Å²) >= 11 is 0. The number of rotatable bonds is 0. The van der Waals surface area contributed by atoms with Crippen LogP contribution in [0.2, 0.25) is 0 Å². The first-order valence-electron chi connectivity index (χ1n) is 4.33. The number of hydrogen-bond acceptors (Lipinski definition) is 1. The van der Waals surface area contributed by atoms with Crippen molar-refractivity contribution in [2.75, 3.05) is 7.05 Å². The van der Waals surface area contributed by atoms with Crippen LogP contribution in [-0.2, 0) is 0 Å². The fourth-order valence-electron chi connectivity index (χ4n) is 2.03. The SMILES string of the molecule is CC1C[C@@H](C)N(C)[C@H](C)C1. The minimum atomic E-state index is 0.791. The van der Waals surface area contributed by atoms with E-state index in [1.165, 1.54) is 12.8 Å². The van der Waals surface area contributed by atoms with Crippen molar-refractivity contribution in [1.82, 2.24) is 4.90 Å². The molecule has 1 saturated heterocycles. The van der Waals surface area contributed by atoms with Gasteiger partial charge in [-0.15, -0.1) is 0 Å². The summed E-state index contributed by atoms with van der Waals surface area (Å²) in [5, 5.41) is 0. The first-order chi connectivity index (χ1) is 4.61. The Bertz CT molecular complexity index is 99.3. The third kappa shape index (κ3) is 1.51. The van der Waals surface area contributed by atoms with Crippen LogP contribution < -0.4 is 0 Å². The molecule has 2 atom stereocenters. The molecule has 0 amide bonds. The molecular weight excluding hydrogens is 122 g/mol. The second-order valence-electron chi connectivity index (χ2n) is 3.94. The van der Waals surface area contributed by atoms with Gasteiger partial charge in [0.15, 0.2) is 0 Å². The van der Waals surface area contributed by atoms with E-state index in [0.29, 0.717) is 0 Å². The topological polar surface area (TPSA) is 3.24 Å². The third-order valence-corrected chi connectivity index (χ3v) is 2.88. The van der Waals surface area contributed by atoms with E-state index in [1.54, 1.807) is 0 Å². The summed E-state index contributed by atoms with van der Waals surface area (Å²) in [7, 11) is 2.24. The highest BCUT2D eigenvalue weighted by Gasteiger charge is 2.24. The van der Waals surface area contributed by atoms with E-state index in [-0.39, 0.29) is 0 Å². The van der Waals surface area contributed by atoms with E-state index in [2.05, 4.69) is 32.7 Å².